The van der Waals surface area contributed by atoms with Crippen molar-refractivity contribution in [1.82, 2.24) is 9.47 Å². The third-order valence-electron chi connectivity index (χ3n) is 5.30. The Morgan fingerprint density at radius 2 is 1.88 bits per heavy atom. The summed E-state index contributed by atoms with van der Waals surface area (Å²) in [6, 6.07) is 9.18. The van der Waals surface area contributed by atoms with Crippen molar-refractivity contribution in [2.45, 2.75) is 45.7 Å². The Kier molecular flexibility index (Phi) is 5.67. The lowest BCUT2D eigenvalue weighted by atomic mass is 9.94. The van der Waals surface area contributed by atoms with Crippen molar-refractivity contribution in [3.05, 3.63) is 57.5 Å². The number of hydrogen-bond donors (Lipinski definition) is 1. The van der Waals surface area contributed by atoms with Crippen LogP contribution in [0.3, 0.4) is 0 Å². The number of benzene rings is 1. The molecule has 5 nitrogen and oxygen atoms in total. The second kappa shape index (κ2) is 7.96. The first-order valence-electron chi connectivity index (χ1n) is 9.38. The van der Waals surface area contributed by atoms with E-state index in [-0.39, 0.29) is 17.4 Å². The smallest absolute Gasteiger partial charge is 0.259 e. The zero-order valence-corrected chi connectivity index (χ0v) is 15.9. The fourth-order valence-electron chi connectivity index (χ4n) is 4.02. The van der Waals surface area contributed by atoms with Crippen molar-refractivity contribution in [2.24, 2.45) is 0 Å². The summed E-state index contributed by atoms with van der Waals surface area (Å²) in [5.41, 5.74) is 2.03. The first-order chi connectivity index (χ1) is 12.6. The van der Waals surface area contributed by atoms with E-state index in [4.69, 9.17) is 4.74 Å². The molecule has 1 atom stereocenters. The number of para-hydroxylation sites is 1. The van der Waals surface area contributed by atoms with E-state index in [0.29, 0.717) is 12.1 Å². The number of aromatic nitrogens is 1. The Morgan fingerprint density at radius 3 is 2.54 bits per heavy atom. The van der Waals surface area contributed by atoms with E-state index < -0.39 is 0 Å². The molecule has 1 aromatic carbocycles. The summed E-state index contributed by atoms with van der Waals surface area (Å²) in [6.45, 7) is 6.20. The maximum absolute atomic E-state index is 13.2. The van der Waals surface area contributed by atoms with Crippen LogP contribution in [-0.2, 0) is 6.54 Å². The zero-order chi connectivity index (χ0) is 18.7. The van der Waals surface area contributed by atoms with Gasteiger partial charge in [-0.1, -0.05) is 24.6 Å². The number of pyridine rings is 1. The fraction of sp³-hybridized carbons (Fsp3) is 0.476. The Labute approximate surface area is 154 Å². The van der Waals surface area contributed by atoms with E-state index in [1.54, 1.807) is 17.7 Å². The Hall–Kier alpha value is -2.27. The molecule has 5 heteroatoms. The molecule has 2 heterocycles. The number of likely N-dealkylation sites (tertiary alicyclic amines) is 1. The highest BCUT2D eigenvalue weighted by Gasteiger charge is 2.31. The van der Waals surface area contributed by atoms with Crippen LogP contribution in [0.5, 0.6) is 11.5 Å². The molecular formula is C21H28N2O3. The number of piperidine rings is 1. The van der Waals surface area contributed by atoms with Gasteiger partial charge in [0.15, 0.2) is 0 Å². The van der Waals surface area contributed by atoms with Crippen LogP contribution in [0.25, 0.3) is 0 Å². The van der Waals surface area contributed by atoms with Crippen LogP contribution in [0.4, 0.5) is 0 Å². The van der Waals surface area contributed by atoms with Crippen LogP contribution in [0, 0.1) is 6.92 Å². The van der Waals surface area contributed by atoms with E-state index in [0.717, 1.165) is 42.9 Å². The lowest BCUT2D eigenvalue weighted by molar-refractivity contribution is 0.180. The minimum atomic E-state index is -0.308. The quantitative estimate of drug-likeness (QED) is 0.891. The highest BCUT2D eigenvalue weighted by molar-refractivity contribution is 5.46. The van der Waals surface area contributed by atoms with Gasteiger partial charge in [0, 0.05) is 17.8 Å². The van der Waals surface area contributed by atoms with Crippen LogP contribution in [0.15, 0.2) is 35.1 Å². The summed E-state index contributed by atoms with van der Waals surface area (Å²) >= 11 is 0. The minimum Gasteiger partial charge on any atom is -0.507 e. The predicted molar refractivity (Wildman–Crippen MR) is 103 cm³/mol. The van der Waals surface area contributed by atoms with Crippen molar-refractivity contribution in [3.8, 4) is 11.5 Å². The Bertz CT molecular complexity index is 822. The number of methoxy groups -OCH3 is 1. The minimum absolute atomic E-state index is 0.0682. The molecular weight excluding hydrogens is 328 g/mol. The molecule has 0 amide bonds. The molecule has 140 valence electrons. The molecule has 1 aliphatic rings. The van der Waals surface area contributed by atoms with Gasteiger partial charge in [0.05, 0.1) is 18.7 Å². The molecule has 0 bridgehead atoms. The van der Waals surface area contributed by atoms with Gasteiger partial charge < -0.3 is 14.4 Å². The van der Waals surface area contributed by atoms with Gasteiger partial charge in [-0.15, -0.1) is 0 Å². The van der Waals surface area contributed by atoms with Crippen LogP contribution < -0.4 is 10.3 Å². The van der Waals surface area contributed by atoms with E-state index in [1.807, 2.05) is 38.1 Å². The van der Waals surface area contributed by atoms with E-state index >= 15 is 0 Å². The van der Waals surface area contributed by atoms with Gasteiger partial charge >= 0.3 is 0 Å². The molecule has 0 saturated carbocycles. The Balaban J connectivity index is 2.23. The van der Waals surface area contributed by atoms with Gasteiger partial charge in [-0.25, -0.2) is 0 Å². The predicted octanol–water partition coefficient (Wildman–Crippen LogP) is 3.47. The fourth-order valence-corrected chi connectivity index (χ4v) is 4.02. The molecule has 0 aliphatic carbocycles. The second-order valence-corrected chi connectivity index (χ2v) is 6.88. The normalized spacial score (nSPS) is 16.4. The molecule has 3 rings (SSSR count). The summed E-state index contributed by atoms with van der Waals surface area (Å²) < 4.78 is 7.31. The number of aromatic hydroxyl groups is 1. The van der Waals surface area contributed by atoms with E-state index in [2.05, 4.69) is 4.90 Å². The first-order valence-corrected chi connectivity index (χ1v) is 9.38. The zero-order valence-electron chi connectivity index (χ0n) is 15.9. The van der Waals surface area contributed by atoms with Crippen molar-refractivity contribution in [3.63, 3.8) is 0 Å². The van der Waals surface area contributed by atoms with Gasteiger partial charge in [0.2, 0.25) is 0 Å². The number of hydrogen-bond acceptors (Lipinski definition) is 4. The molecule has 1 fully saturated rings. The van der Waals surface area contributed by atoms with Crippen LogP contribution >= 0.6 is 0 Å². The van der Waals surface area contributed by atoms with Gasteiger partial charge in [-0.05, 0) is 51.9 Å². The molecule has 1 N–H and O–H groups in total. The maximum Gasteiger partial charge on any atom is 0.259 e. The first kappa shape index (κ1) is 18.5. The molecule has 2 aromatic rings. The van der Waals surface area contributed by atoms with Crippen molar-refractivity contribution in [2.75, 3.05) is 20.2 Å². The largest absolute Gasteiger partial charge is 0.507 e. The molecule has 0 spiro atoms. The summed E-state index contributed by atoms with van der Waals surface area (Å²) in [4.78, 5) is 15.5. The molecule has 1 saturated heterocycles. The van der Waals surface area contributed by atoms with Gasteiger partial charge in [0.1, 0.15) is 11.5 Å². The highest BCUT2D eigenvalue weighted by atomic mass is 16.5. The highest BCUT2D eigenvalue weighted by Crippen LogP contribution is 2.38. The summed E-state index contributed by atoms with van der Waals surface area (Å²) in [7, 11) is 1.64. The Morgan fingerprint density at radius 1 is 1.19 bits per heavy atom. The third kappa shape index (κ3) is 3.36. The average molecular weight is 356 g/mol. The van der Waals surface area contributed by atoms with Crippen molar-refractivity contribution < 1.29 is 9.84 Å². The second-order valence-electron chi connectivity index (χ2n) is 6.88. The van der Waals surface area contributed by atoms with E-state index in [1.165, 1.54) is 6.42 Å². The summed E-state index contributed by atoms with van der Waals surface area (Å²) in [6.07, 6.45) is 3.40. The topological polar surface area (TPSA) is 54.7 Å². The SMILES string of the molecule is CCn1c(C)cc(O)c(C(c2ccccc2OC)N2CCCCC2)c1=O. The number of nitrogens with zero attached hydrogens (tertiary/aromatic N) is 2. The molecule has 1 unspecified atom stereocenters. The summed E-state index contributed by atoms with van der Waals surface area (Å²) in [5, 5.41) is 10.7. The summed E-state index contributed by atoms with van der Waals surface area (Å²) in [5.74, 6) is 0.809. The molecule has 0 radical (unpaired) electrons. The maximum atomic E-state index is 13.2. The number of rotatable bonds is 5. The van der Waals surface area contributed by atoms with Gasteiger partial charge in [0.25, 0.3) is 5.56 Å². The van der Waals surface area contributed by atoms with Crippen LogP contribution in [0.2, 0.25) is 0 Å². The third-order valence-corrected chi connectivity index (χ3v) is 5.30. The standard InChI is InChI=1S/C21H28N2O3/c1-4-23-15(2)14-17(24)19(21(23)25)20(22-12-8-5-9-13-22)16-10-6-7-11-18(16)26-3/h6-7,10-11,14,20,24H,4-5,8-9,12-13H2,1-3H3. The van der Waals surface area contributed by atoms with Gasteiger partial charge in [-0.3, -0.25) is 9.69 Å². The molecule has 1 aromatic heterocycles. The lowest BCUT2D eigenvalue weighted by Gasteiger charge is -2.35. The number of aryl methyl sites for hydroxylation is 1. The average Bonchev–Trinajstić information content (AvgIpc) is 2.66. The molecule has 26 heavy (non-hydrogen) atoms. The van der Waals surface area contributed by atoms with E-state index in [9.17, 15) is 9.90 Å². The van der Waals surface area contributed by atoms with Gasteiger partial charge in [-0.2, -0.15) is 0 Å². The van der Waals surface area contributed by atoms with Crippen molar-refractivity contribution in [1.29, 1.82) is 0 Å². The molecule has 1 aliphatic heterocycles. The van der Waals surface area contributed by atoms with Crippen LogP contribution in [-0.4, -0.2) is 34.8 Å². The lowest BCUT2D eigenvalue weighted by Crippen LogP contribution is -2.38. The van der Waals surface area contributed by atoms with Crippen molar-refractivity contribution >= 4 is 0 Å². The van der Waals surface area contributed by atoms with Crippen LogP contribution in [0.1, 0.15) is 49.0 Å². The number of ether oxygens (including phenoxy) is 1. The monoisotopic (exact) mass is 356 g/mol.